The Labute approximate surface area is 129 Å². The minimum atomic E-state index is 0.681. The Morgan fingerprint density at radius 3 is 2.52 bits per heavy atom. The van der Waals surface area contributed by atoms with Crippen LogP contribution in [0.1, 0.15) is 69.5 Å². The highest BCUT2D eigenvalue weighted by atomic mass is 15.3. The van der Waals surface area contributed by atoms with Crippen molar-refractivity contribution in [2.45, 2.75) is 70.3 Å². The Hall–Kier alpha value is -0.830. The molecule has 3 heteroatoms. The van der Waals surface area contributed by atoms with Gasteiger partial charge >= 0.3 is 0 Å². The van der Waals surface area contributed by atoms with Crippen LogP contribution in [-0.4, -0.2) is 23.4 Å². The van der Waals surface area contributed by atoms with Crippen molar-refractivity contribution >= 4 is 0 Å². The maximum absolute atomic E-state index is 4.91. The number of aromatic nitrogens is 2. The van der Waals surface area contributed by atoms with Gasteiger partial charge in [0.2, 0.25) is 0 Å². The average molecular weight is 289 g/mol. The molecule has 0 spiro atoms. The number of nitrogens with zero attached hydrogens (tertiary/aromatic N) is 2. The zero-order chi connectivity index (χ0) is 14.5. The zero-order valence-corrected chi connectivity index (χ0v) is 13.6. The van der Waals surface area contributed by atoms with E-state index in [1.165, 1.54) is 76.4 Å². The first-order valence-electron chi connectivity index (χ1n) is 9.05. The van der Waals surface area contributed by atoms with E-state index in [1.54, 1.807) is 0 Å². The number of hydrogen-bond acceptors (Lipinski definition) is 2. The first-order valence-corrected chi connectivity index (χ1v) is 9.05. The van der Waals surface area contributed by atoms with Gasteiger partial charge < -0.3 is 5.32 Å². The summed E-state index contributed by atoms with van der Waals surface area (Å²) in [7, 11) is 2.09. The van der Waals surface area contributed by atoms with Crippen LogP contribution in [0.15, 0.2) is 12.3 Å². The van der Waals surface area contributed by atoms with Gasteiger partial charge in [-0.05, 0) is 63.6 Å². The molecule has 2 fully saturated rings. The molecule has 118 valence electrons. The van der Waals surface area contributed by atoms with Gasteiger partial charge in [0.15, 0.2) is 0 Å². The van der Waals surface area contributed by atoms with Gasteiger partial charge in [0.1, 0.15) is 0 Å². The summed E-state index contributed by atoms with van der Waals surface area (Å²) in [5.74, 6) is 1.67. The van der Waals surface area contributed by atoms with Crippen LogP contribution in [0, 0.1) is 11.8 Å². The molecule has 0 aliphatic heterocycles. The van der Waals surface area contributed by atoms with Crippen LogP contribution in [0.2, 0.25) is 0 Å². The number of rotatable bonds is 5. The molecule has 1 aromatic rings. The van der Waals surface area contributed by atoms with Crippen LogP contribution in [0.3, 0.4) is 0 Å². The predicted octanol–water partition coefficient (Wildman–Crippen LogP) is 3.96. The topological polar surface area (TPSA) is 29.9 Å². The first-order chi connectivity index (χ1) is 10.4. The summed E-state index contributed by atoms with van der Waals surface area (Å²) in [5.41, 5.74) is 1.33. The average Bonchev–Trinajstić information content (AvgIpc) is 3.11. The van der Waals surface area contributed by atoms with Gasteiger partial charge in [0, 0.05) is 6.20 Å². The second-order valence-electron chi connectivity index (χ2n) is 7.15. The summed E-state index contributed by atoms with van der Waals surface area (Å²) < 4.78 is 2.26. The van der Waals surface area contributed by atoms with Crippen LogP contribution in [-0.2, 0) is 6.42 Å². The quantitative estimate of drug-likeness (QED) is 0.832. The molecule has 3 nitrogen and oxygen atoms in total. The van der Waals surface area contributed by atoms with Crippen LogP contribution < -0.4 is 5.32 Å². The molecule has 0 radical (unpaired) electrons. The summed E-state index contributed by atoms with van der Waals surface area (Å²) in [6, 6.07) is 2.96. The van der Waals surface area contributed by atoms with Gasteiger partial charge in [-0.3, -0.25) is 4.68 Å². The van der Waals surface area contributed by atoms with Crippen molar-refractivity contribution < 1.29 is 0 Å². The van der Waals surface area contributed by atoms with Crippen molar-refractivity contribution in [1.82, 2.24) is 15.1 Å². The number of nitrogens with one attached hydrogen (secondary N) is 1. The van der Waals surface area contributed by atoms with Gasteiger partial charge in [0.05, 0.1) is 11.7 Å². The number of hydrogen-bond donors (Lipinski definition) is 1. The van der Waals surface area contributed by atoms with Crippen LogP contribution in [0.5, 0.6) is 0 Å². The molecule has 3 rings (SSSR count). The van der Waals surface area contributed by atoms with Crippen molar-refractivity contribution in [1.29, 1.82) is 0 Å². The Morgan fingerprint density at radius 1 is 1.05 bits per heavy atom. The second-order valence-corrected chi connectivity index (χ2v) is 7.15. The van der Waals surface area contributed by atoms with Crippen molar-refractivity contribution in [3.05, 3.63) is 18.0 Å². The highest BCUT2D eigenvalue weighted by Crippen LogP contribution is 2.32. The molecule has 1 aromatic heterocycles. The van der Waals surface area contributed by atoms with Gasteiger partial charge in [-0.15, -0.1) is 0 Å². The lowest BCUT2D eigenvalue weighted by Gasteiger charge is -2.24. The van der Waals surface area contributed by atoms with E-state index >= 15 is 0 Å². The lowest BCUT2D eigenvalue weighted by atomic mass is 9.84. The lowest BCUT2D eigenvalue weighted by Crippen LogP contribution is -2.26. The summed E-state index contributed by atoms with van der Waals surface area (Å²) in [6.07, 6.45) is 15.9. The molecular formula is C18H31N3. The molecule has 0 amide bonds. The smallest absolute Gasteiger partial charge is 0.0627 e. The molecule has 2 aliphatic rings. The fourth-order valence-corrected chi connectivity index (χ4v) is 4.39. The molecule has 0 aromatic carbocycles. The lowest BCUT2D eigenvalue weighted by molar-refractivity contribution is 0.300. The van der Waals surface area contributed by atoms with E-state index < -0.39 is 0 Å². The molecule has 21 heavy (non-hydrogen) atoms. The Bertz CT molecular complexity index is 420. The van der Waals surface area contributed by atoms with E-state index in [-0.39, 0.29) is 0 Å². The van der Waals surface area contributed by atoms with Crippen molar-refractivity contribution in [3.63, 3.8) is 0 Å². The Morgan fingerprint density at radius 2 is 1.76 bits per heavy atom. The summed E-state index contributed by atoms with van der Waals surface area (Å²) in [4.78, 5) is 0. The fraction of sp³-hybridized carbons (Fsp3) is 0.833. The normalized spacial score (nSPS) is 27.9. The van der Waals surface area contributed by atoms with E-state index in [9.17, 15) is 0 Å². The molecule has 1 heterocycles. The van der Waals surface area contributed by atoms with E-state index in [2.05, 4.69) is 29.3 Å². The van der Waals surface area contributed by atoms with Gasteiger partial charge in [-0.2, -0.15) is 5.10 Å². The third kappa shape index (κ3) is 3.88. The third-order valence-corrected chi connectivity index (χ3v) is 5.62. The summed E-state index contributed by atoms with van der Waals surface area (Å²) in [6.45, 7) is 1.17. The fourth-order valence-electron chi connectivity index (χ4n) is 4.39. The highest BCUT2D eigenvalue weighted by molar-refractivity contribution is 5.02. The van der Waals surface area contributed by atoms with E-state index in [1.807, 2.05) is 0 Å². The third-order valence-electron chi connectivity index (χ3n) is 5.62. The predicted molar refractivity (Wildman–Crippen MR) is 87.4 cm³/mol. The van der Waals surface area contributed by atoms with Crippen molar-refractivity contribution in [2.24, 2.45) is 11.8 Å². The largest absolute Gasteiger partial charge is 0.319 e. The molecule has 2 aliphatic carbocycles. The zero-order valence-electron chi connectivity index (χ0n) is 13.6. The SMILES string of the molecule is CNCC1CCCCCC1Cc1ccn(C2CCCC2)n1. The molecule has 2 unspecified atom stereocenters. The Balaban J connectivity index is 1.63. The van der Waals surface area contributed by atoms with Crippen LogP contribution >= 0.6 is 0 Å². The highest BCUT2D eigenvalue weighted by Gasteiger charge is 2.25. The van der Waals surface area contributed by atoms with E-state index in [4.69, 9.17) is 5.10 Å². The molecule has 0 saturated heterocycles. The maximum atomic E-state index is 4.91. The molecule has 0 bridgehead atoms. The monoisotopic (exact) mass is 289 g/mol. The van der Waals surface area contributed by atoms with Crippen molar-refractivity contribution in [2.75, 3.05) is 13.6 Å². The van der Waals surface area contributed by atoms with Gasteiger partial charge in [-0.25, -0.2) is 0 Å². The first kappa shape index (κ1) is 15.1. The van der Waals surface area contributed by atoms with E-state index in [0.717, 1.165) is 11.8 Å². The molecular weight excluding hydrogens is 258 g/mol. The molecule has 1 N–H and O–H groups in total. The minimum Gasteiger partial charge on any atom is -0.319 e. The van der Waals surface area contributed by atoms with Crippen LogP contribution in [0.4, 0.5) is 0 Å². The van der Waals surface area contributed by atoms with Crippen molar-refractivity contribution in [3.8, 4) is 0 Å². The maximum Gasteiger partial charge on any atom is 0.0627 e. The standard InChI is InChI=1S/C18H31N3/c1-19-14-16-8-4-2-3-7-15(16)13-17-11-12-21(20-17)18-9-5-6-10-18/h11-12,15-16,18-19H,2-10,13-14H2,1H3. The van der Waals surface area contributed by atoms with Gasteiger partial charge in [-0.1, -0.05) is 32.1 Å². The molecule has 2 atom stereocenters. The minimum absolute atomic E-state index is 0.681. The van der Waals surface area contributed by atoms with E-state index in [0.29, 0.717) is 6.04 Å². The molecule has 2 saturated carbocycles. The second kappa shape index (κ2) is 7.44. The Kier molecular flexibility index (Phi) is 5.34. The van der Waals surface area contributed by atoms with Gasteiger partial charge in [0.25, 0.3) is 0 Å². The van der Waals surface area contributed by atoms with Crippen LogP contribution in [0.25, 0.3) is 0 Å². The summed E-state index contributed by atoms with van der Waals surface area (Å²) >= 11 is 0. The summed E-state index contributed by atoms with van der Waals surface area (Å²) in [5, 5.41) is 8.31.